The Morgan fingerprint density at radius 3 is 3.00 bits per heavy atom. The molecule has 20 heavy (non-hydrogen) atoms. The van der Waals surface area contributed by atoms with Crippen LogP contribution in [-0.4, -0.2) is 46.4 Å². The monoisotopic (exact) mass is 279 g/mol. The molecule has 1 aromatic rings. The highest BCUT2D eigenvalue weighted by molar-refractivity contribution is 5.92. The molecule has 2 rings (SSSR count). The Morgan fingerprint density at radius 1 is 1.55 bits per heavy atom. The fourth-order valence-electron chi connectivity index (χ4n) is 2.24. The number of piperidine rings is 1. The molecule has 1 fully saturated rings. The molecule has 0 bridgehead atoms. The number of carbonyl (C=O) groups is 2. The van der Waals surface area contributed by atoms with Crippen LogP contribution in [0.4, 0.5) is 0 Å². The third-order valence-electron chi connectivity index (χ3n) is 3.22. The number of nitrogens with zero attached hydrogens (tertiary/aromatic N) is 2. The first-order valence-electron chi connectivity index (χ1n) is 6.62. The van der Waals surface area contributed by atoms with Gasteiger partial charge in [0.05, 0.1) is 18.7 Å². The van der Waals surface area contributed by atoms with Crippen molar-refractivity contribution in [2.75, 3.05) is 19.7 Å². The maximum absolute atomic E-state index is 12.2. The molecule has 7 heteroatoms. The van der Waals surface area contributed by atoms with Crippen molar-refractivity contribution < 1.29 is 14.3 Å². The highest BCUT2D eigenvalue weighted by Gasteiger charge is 2.30. The van der Waals surface area contributed by atoms with Crippen molar-refractivity contribution in [2.45, 2.75) is 19.8 Å². The Morgan fingerprint density at radius 2 is 2.35 bits per heavy atom. The number of rotatable bonds is 3. The normalized spacial score (nSPS) is 18.6. The molecule has 0 radical (unpaired) electrons. The maximum atomic E-state index is 12.2. The van der Waals surface area contributed by atoms with Gasteiger partial charge in [0.2, 0.25) is 0 Å². The van der Waals surface area contributed by atoms with Crippen LogP contribution in [0.5, 0.6) is 0 Å². The highest BCUT2D eigenvalue weighted by Crippen LogP contribution is 2.19. The Kier molecular flexibility index (Phi) is 4.49. The van der Waals surface area contributed by atoms with Gasteiger partial charge in [-0.3, -0.25) is 14.4 Å². The second-order valence-electron chi connectivity index (χ2n) is 4.64. The largest absolute Gasteiger partial charge is 0.466 e. The van der Waals surface area contributed by atoms with Crippen LogP contribution >= 0.6 is 0 Å². The first kappa shape index (κ1) is 14.2. The third kappa shape index (κ3) is 3.23. The summed E-state index contributed by atoms with van der Waals surface area (Å²) in [6, 6.07) is 0. The van der Waals surface area contributed by atoms with E-state index in [9.17, 15) is 14.4 Å². The molecular weight excluding hydrogens is 262 g/mol. The van der Waals surface area contributed by atoms with Crippen molar-refractivity contribution in [3.63, 3.8) is 0 Å². The first-order valence-corrected chi connectivity index (χ1v) is 6.62. The van der Waals surface area contributed by atoms with Gasteiger partial charge in [0.1, 0.15) is 5.69 Å². The molecule has 2 heterocycles. The number of amides is 1. The van der Waals surface area contributed by atoms with Gasteiger partial charge < -0.3 is 14.6 Å². The van der Waals surface area contributed by atoms with E-state index in [4.69, 9.17) is 4.74 Å². The zero-order valence-electron chi connectivity index (χ0n) is 11.3. The van der Waals surface area contributed by atoms with Crippen molar-refractivity contribution in [1.82, 2.24) is 14.9 Å². The van der Waals surface area contributed by atoms with Crippen LogP contribution in [0, 0.1) is 5.92 Å². The summed E-state index contributed by atoms with van der Waals surface area (Å²) in [4.78, 5) is 42.7. The van der Waals surface area contributed by atoms with E-state index in [1.807, 2.05) is 0 Å². The fraction of sp³-hybridized carbons (Fsp3) is 0.538. The fourth-order valence-corrected chi connectivity index (χ4v) is 2.24. The minimum atomic E-state index is -0.357. The van der Waals surface area contributed by atoms with Gasteiger partial charge in [0.15, 0.2) is 0 Å². The number of aromatic amines is 1. The number of nitrogens with one attached hydrogen (secondary N) is 1. The lowest BCUT2D eigenvalue weighted by atomic mass is 9.98. The minimum absolute atomic E-state index is 0.175. The molecule has 1 saturated heterocycles. The standard InChI is InChI=1S/C13H17N3O4/c1-2-20-13(19)9-4-3-5-16(8-9)12(18)10-6-15-11(17)7-14-10/h6-7,9H,2-5,8H2,1H3,(H,15,17). The van der Waals surface area contributed by atoms with Crippen LogP contribution < -0.4 is 5.56 Å². The van der Waals surface area contributed by atoms with Crippen molar-refractivity contribution >= 4 is 11.9 Å². The van der Waals surface area contributed by atoms with Gasteiger partial charge in [-0.25, -0.2) is 4.98 Å². The van der Waals surface area contributed by atoms with E-state index in [1.54, 1.807) is 11.8 Å². The molecule has 0 saturated carbocycles. The third-order valence-corrected chi connectivity index (χ3v) is 3.22. The molecule has 0 spiro atoms. The second kappa shape index (κ2) is 6.31. The molecule has 1 aliphatic rings. The maximum Gasteiger partial charge on any atom is 0.310 e. The van der Waals surface area contributed by atoms with Crippen LogP contribution in [0.15, 0.2) is 17.2 Å². The molecule has 1 aromatic heterocycles. The summed E-state index contributed by atoms with van der Waals surface area (Å²) in [7, 11) is 0. The zero-order chi connectivity index (χ0) is 14.5. The smallest absolute Gasteiger partial charge is 0.310 e. The lowest BCUT2D eigenvalue weighted by molar-refractivity contribution is -0.149. The molecule has 108 valence electrons. The Balaban J connectivity index is 2.04. The number of esters is 1. The van der Waals surface area contributed by atoms with E-state index in [0.29, 0.717) is 19.7 Å². The molecular formula is C13H17N3O4. The van der Waals surface area contributed by atoms with Crippen molar-refractivity contribution in [1.29, 1.82) is 0 Å². The van der Waals surface area contributed by atoms with Crippen LogP contribution in [0.1, 0.15) is 30.3 Å². The Labute approximate surface area is 116 Å². The number of ether oxygens (including phenoxy) is 1. The van der Waals surface area contributed by atoms with Crippen molar-refractivity contribution in [3.05, 3.63) is 28.4 Å². The predicted octanol–water partition coefficient (Wildman–Crippen LogP) is 0.185. The first-order chi connectivity index (χ1) is 9.61. The van der Waals surface area contributed by atoms with E-state index in [2.05, 4.69) is 9.97 Å². The summed E-state index contributed by atoms with van der Waals surface area (Å²) in [5.41, 5.74) is -0.182. The number of carbonyl (C=O) groups excluding carboxylic acids is 2. The van der Waals surface area contributed by atoms with Gasteiger partial charge >= 0.3 is 5.97 Å². The number of H-pyrrole nitrogens is 1. The number of hydrogen-bond acceptors (Lipinski definition) is 5. The summed E-state index contributed by atoms with van der Waals surface area (Å²) in [6.07, 6.45) is 3.83. The summed E-state index contributed by atoms with van der Waals surface area (Å²) < 4.78 is 4.99. The topological polar surface area (TPSA) is 92.4 Å². The minimum Gasteiger partial charge on any atom is -0.466 e. The van der Waals surface area contributed by atoms with Gasteiger partial charge in [0.25, 0.3) is 11.5 Å². The van der Waals surface area contributed by atoms with E-state index >= 15 is 0 Å². The average Bonchev–Trinajstić information content (AvgIpc) is 2.48. The van der Waals surface area contributed by atoms with Gasteiger partial charge in [-0.15, -0.1) is 0 Å². The summed E-state index contributed by atoms with van der Waals surface area (Å²) in [5, 5.41) is 0. The summed E-state index contributed by atoms with van der Waals surface area (Å²) in [5.74, 6) is -0.829. The van der Waals surface area contributed by atoms with E-state index < -0.39 is 0 Å². The number of hydrogen-bond donors (Lipinski definition) is 1. The second-order valence-corrected chi connectivity index (χ2v) is 4.64. The van der Waals surface area contributed by atoms with Crippen LogP contribution in [-0.2, 0) is 9.53 Å². The molecule has 7 nitrogen and oxygen atoms in total. The Bertz CT molecular complexity index is 534. The molecule has 0 aromatic carbocycles. The van der Waals surface area contributed by atoms with Gasteiger partial charge in [-0.1, -0.05) is 0 Å². The van der Waals surface area contributed by atoms with Gasteiger partial charge in [0, 0.05) is 19.3 Å². The van der Waals surface area contributed by atoms with E-state index in [-0.39, 0.29) is 29.0 Å². The molecule has 1 amide bonds. The zero-order valence-corrected chi connectivity index (χ0v) is 11.3. The van der Waals surface area contributed by atoms with Crippen LogP contribution in [0.25, 0.3) is 0 Å². The average molecular weight is 279 g/mol. The molecule has 0 aliphatic carbocycles. The molecule has 1 unspecified atom stereocenters. The lowest BCUT2D eigenvalue weighted by Crippen LogP contribution is -2.43. The van der Waals surface area contributed by atoms with E-state index in [0.717, 1.165) is 19.0 Å². The summed E-state index contributed by atoms with van der Waals surface area (Å²) >= 11 is 0. The van der Waals surface area contributed by atoms with E-state index in [1.165, 1.54) is 6.20 Å². The number of aromatic nitrogens is 2. The predicted molar refractivity (Wildman–Crippen MR) is 70.1 cm³/mol. The number of likely N-dealkylation sites (tertiary alicyclic amines) is 1. The van der Waals surface area contributed by atoms with Crippen LogP contribution in [0.2, 0.25) is 0 Å². The molecule has 1 N–H and O–H groups in total. The highest BCUT2D eigenvalue weighted by atomic mass is 16.5. The molecule has 1 atom stereocenters. The summed E-state index contributed by atoms with van der Waals surface area (Å²) in [6.45, 7) is 3.01. The van der Waals surface area contributed by atoms with Crippen molar-refractivity contribution in [2.24, 2.45) is 5.92 Å². The van der Waals surface area contributed by atoms with Crippen molar-refractivity contribution in [3.8, 4) is 0 Å². The SMILES string of the molecule is CCOC(=O)C1CCCN(C(=O)c2c[nH]c(=O)cn2)C1. The van der Waals surface area contributed by atoms with Gasteiger partial charge in [-0.2, -0.15) is 0 Å². The Hall–Kier alpha value is -2.18. The molecule has 1 aliphatic heterocycles. The van der Waals surface area contributed by atoms with Gasteiger partial charge in [-0.05, 0) is 19.8 Å². The lowest BCUT2D eigenvalue weighted by Gasteiger charge is -2.31. The quantitative estimate of drug-likeness (QED) is 0.797. The van der Waals surface area contributed by atoms with Crippen LogP contribution in [0.3, 0.4) is 0 Å².